The van der Waals surface area contributed by atoms with E-state index in [1.54, 1.807) is 0 Å². The number of nitrogens with zero attached hydrogens (tertiary/aromatic N) is 4. The summed E-state index contributed by atoms with van der Waals surface area (Å²) >= 11 is 0. The molecule has 1 unspecified atom stereocenters. The first-order valence-electron chi connectivity index (χ1n) is 7.89. The largest absolute Gasteiger partial charge is 0.480 e. The number of anilines is 2. The Balaban J connectivity index is 1.84. The van der Waals surface area contributed by atoms with Crippen molar-refractivity contribution < 1.29 is 15.0 Å². The third kappa shape index (κ3) is 2.85. The van der Waals surface area contributed by atoms with Crippen LogP contribution in [0.2, 0.25) is 0 Å². The molecule has 0 radical (unpaired) electrons. The van der Waals surface area contributed by atoms with Gasteiger partial charge in [0, 0.05) is 19.2 Å². The Morgan fingerprint density at radius 3 is 2.59 bits per heavy atom. The third-order valence-electron chi connectivity index (χ3n) is 4.60. The molecule has 2 N–H and O–H groups in total. The van der Waals surface area contributed by atoms with Crippen LogP contribution in [0.5, 0.6) is 0 Å². The molecule has 7 nitrogen and oxygen atoms in total. The summed E-state index contributed by atoms with van der Waals surface area (Å²) in [5.41, 5.74) is 0. The van der Waals surface area contributed by atoms with Crippen molar-refractivity contribution in [3.8, 4) is 0 Å². The van der Waals surface area contributed by atoms with E-state index in [9.17, 15) is 15.0 Å². The quantitative estimate of drug-likeness (QED) is 0.853. The van der Waals surface area contributed by atoms with E-state index in [0.717, 1.165) is 38.0 Å². The highest BCUT2D eigenvalue weighted by molar-refractivity contribution is 5.78. The van der Waals surface area contributed by atoms with Crippen LogP contribution in [-0.4, -0.2) is 57.9 Å². The minimum atomic E-state index is -0.802. The predicted octanol–water partition coefficient (Wildman–Crippen LogP) is 0.881. The number of aliphatic carboxylic acids is 1. The summed E-state index contributed by atoms with van der Waals surface area (Å²) < 4.78 is 0. The predicted molar refractivity (Wildman–Crippen MR) is 82.1 cm³/mol. The van der Waals surface area contributed by atoms with Gasteiger partial charge in [0.05, 0.1) is 12.6 Å². The zero-order valence-electron chi connectivity index (χ0n) is 12.6. The number of rotatable bonds is 4. The second-order valence-corrected chi connectivity index (χ2v) is 5.95. The zero-order valence-corrected chi connectivity index (χ0v) is 12.6. The number of carboxylic acids is 1. The summed E-state index contributed by atoms with van der Waals surface area (Å²) in [7, 11) is 0. The van der Waals surface area contributed by atoms with E-state index >= 15 is 0 Å². The van der Waals surface area contributed by atoms with Gasteiger partial charge in [0.2, 0.25) is 0 Å². The summed E-state index contributed by atoms with van der Waals surface area (Å²) in [6, 6.07) is 1.44. The van der Waals surface area contributed by atoms with Crippen LogP contribution in [0.3, 0.4) is 0 Å². The van der Waals surface area contributed by atoms with Crippen molar-refractivity contribution in [2.45, 2.75) is 44.2 Å². The van der Waals surface area contributed by atoms with Gasteiger partial charge in [0.15, 0.2) is 0 Å². The molecule has 2 atom stereocenters. The second kappa shape index (κ2) is 6.48. The lowest BCUT2D eigenvalue weighted by atomic mass is 10.0. The molecule has 0 bridgehead atoms. The molecule has 0 saturated carbocycles. The zero-order chi connectivity index (χ0) is 15.5. The van der Waals surface area contributed by atoms with Crippen molar-refractivity contribution in [3.63, 3.8) is 0 Å². The molecule has 120 valence electrons. The Morgan fingerprint density at radius 2 is 1.86 bits per heavy atom. The summed E-state index contributed by atoms with van der Waals surface area (Å²) in [6.45, 7) is 1.68. The Bertz CT molecular complexity index is 539. The molecule has 2 fully saturated rings. The van der Waals surface area contributed by atoms with Crippen molar-refractivity contribution in [1.29, 1.82) is 0 Å². The Hall–Kier alpha value is -1.89. The SMILES string of the molecule is O=C(O)[C@@H]1CCCN1c1cc(N2CCCCC2CO)ncn1. The van der Waals surface area contributed by atoms with Crippen LogP contribution in [0.4, 0.5) is 11.6 Å². The maximum absolute atomic E-state index is 11.3. The third-order valence-corrected chi connectivity index (χ3v) is 4.60. The first-order valence-corrected chi connectivity index (χ1v) is 7.89. The van der Waals surface area contributed by atoms with Gasteiger partial charge < -0.3 is 20.0 Å². The molecular weight excluding hydrogens is 284 g/mol. The molecule has 2 saturated heterocycles. The molecule has 7 heteroatoms. The average molecular weight is 306 g/mol. The molecule has 2 aliphatic rings. The summed E-state index contributed by atoms with van der Waals surface area (Å²) in [6.07, 6.45) is 6.16. The Labute approximate surface area is 129 Å². The fourth-order valence-electron chi connectivity index (χ4n) is 3.44. The number of hydrogen-bond donors (Lipinski definition) is 2. The number of aliphatic hydroxyl groups is 1. The maximum Gasteiger partial charge on any atom is 0.326 e. The Kier molecular flexibility index (Phi) is 4.42. The normalized spacial score (nSPS) is 25.5. The number of piperidine rings is 1. The van der Waals surface area contributed by atoms with E-state index in [1.165, 1.54) is 6.33 Å². The highest BCUT2D eigenvalue weighted by Crippen LogP contribution is 2.28. The summed E-state index contributed by atoms with van der Waals surface area (Å²) in [5, 5.41) is 18.9. The number of aliphatic hydroxyl groups excluding tert-OH is 1. The van der Waals surface area contributed by atoms with Crippen molar-refractivity contribution in [2.24, 2.45) is 0 Å². The maximum atomic E-state index is 11.3. The Morgan fingerprint density at radius 1 is 1.14 bits per heavy atom. The molecule has 0 spiro atoms. The topological polar surface area (TPSA) is 89.8 Å². The highest BCUT2D eigenvalue weighted by atomic mass is 16.4. The van der Waals surface area contributed by atoms with Gasteiger partial charge in [0.25, 0.3) is 0 Å². The second-order valence-electron chi connectivity index (χ2n) is 5.95. The van der Waals surface area contributed by atoms with Crippen molar-refractivity contribution in [3.05, 3.63) is 12.4 Å². The molecule has 3 rings (SSSR count). The molecule has 1 aromatic heterocycles. The molecule has 22 heavy (non-hydrogen) atoms. The van der Waals surface area contributed by atoms with E-state index in [4.69, 9.17) is 0 Å². The van der Waals surface area contributed by atoms with Gasteiger partial charge in [-0.05, 0) is 32.1 Å². The van der Waals surface area contributed by atoms with E-state index in [1.807, 2.05) is 11.0 Å². The van der Waals surface area contributed by atoms with Crippen molar-refractivity contribution in [2.75, 3.05) is 29.5 Å². The van der Waals surface area contributed by atoms with E-state index in [2.05, 4.69) is 14.9 Å². The molecule has 0 aliphatic carbocycles. The van der Waals surface area contributed by atoms with E-state index in [0.29, 0.717) is 18.8 Å². The van der Waals surface area contributed by atoms with Gasteiger partial charge in [-0.3, -0.25) is 0 Å². The number of hydrogen-bond acceptors (Lipinski definition) is 6. The van der Waals surface area contributed by atoms with Crippen LogP contribution >= 0.6 is 0 Å². The van der Waals surface area contributed by atoms with E-state index in [-0.39, 0.29) is 12.6 Å². The fraction of sp³-hybridized carbons (Fsp3) is 0.667. The number of carbonyl (C=O) groups is 1. The van der Waals surface area contributed by atoms with Gasteiger partial charge >= 0.3 is 5.97 Å². The van der Waals surface area contributed by atoms with Gasteiger partial charge in [-0.2, -0.15) is 0 Å². The molecule has 2 aliphatic heterocycles. The fourth-order valence-corrected chi connectivity index (χ4v) is 3.44. The van der Waals surface area contributed by atoms with Crippen molar-refractivity contribution >= 4 is 17.6 Å². The molecule has 3 heterocycles. The number of carboxylic acid groups (broad SMARTS) is 1. The lowest BCUT2D eigenvalue weighted by Gasteiger charge is -2.36. The van der Waals surface area contributed by atoms with Crippen LogP contribution in [0, 0.1) is 0 Å². The van der Waals surface area contributed by atoms with Crippen LogP contribution in [0.1, 0.15) is 32.1 Å². The number of aromatic nitrogens is 2. The lowest BCUT2D eigenvalue weighted by molar-refractivity contribution is -0.138. The minimum Gasteiger partial charge on any atom is -0.480 e. The van der Waals surface area contributed by atoms with Crippen LogP contribution < -0.4 is 9.80 Å². The smallest absolute Gasteiger partial charge is 0.326 e. The lowest BCUT2D eigenvalue weighted by Crippen LogP contribution is -2.42. The summed E-state index contributed by atoms with van der Waals surface area (Å²) in [5.74, 6) is 0.640. The standard InChI is InChI=1S/C15H22N4O3/c20-9-11-4-1-2-6-18(11)13-8-14(17-10-16-13)19-7-3-5-12(19)15(21)22/h8,10-12,20H,1-7,9H2,(H,21,22)/t11?,12-/m0/s1. The van der Waals surface area contributed by atoms with E-state index < -0.39 is 12.0 Å². The molecule has 0 aromatic carbocycles. The van der Waals surface area contributed by atoms with Gasteiger partial charge in [-0.1, -0.05) is 0 Å². The van der Waals surface area contributed by atoms with Gasteiger partial charge in [-0.25, -0.2) is 14.8 Å². The minimum absolute atomic E-state index is 0.0883. The van der Waals surface area contributed by atoms with Crippen LogP contribution in [-0.2, 0) is 4.79 Å². The summed E-state index contributed by atoms with van der Waals surface area (Å²) in [4.78, 5) is 23.9. The molecular formula is C15H22N4O3. The highest BCUT2D eigenvalue weighted by Gasteiger charge is 2.32. The molecule has 0 amide bonds. The molecule has 1 aromatic rings. The van der Waals surface area contributed by atoms with Crippen LogP contribution in [0.25, 0.3) is 0 Å². The monoisotopic (exact) mass is 306 g/mol. The van der Waals surface area contributed by atoms with Gasteiger partial charge in [0.1, 0.15) is 24.0 Å². The van der Waals surface area contributed by atoms with Crippen LogP contribution in [0.15, 0.2) is 12.4 Å². The van der Waals surface area contributed by atoms with Gasteiger partial charge in [-0.15, -0.1) is 0 Å². The van der Waals surface area contributed by atoms with Crippen molar-refractivity contribution in [1.82, 2.24) is 9.97 Å². The average Bonchev–Trinajstić information content (AvgIpc) is 3.05. The first kappa shape index (κ1) is 15.0. The first-order chi connectivity index (χ1) is 10.7.